The number of morpholine rings is 1. The van der Waals surface area contributed by atoms with Gasteiger partial charge in [0.15, 0.2) is 5.82 Å². The van der Waals surface area contributed by atoms with Crippen LogP contribution in [0, 0.1) is 11.8 Å². The monoisotopic (exact) mass is 581 g/mol. The Labute approximate surface area is 243 Å². The Kier molecular flexibility index (Phi) is 8.32. The molecule has 12 heteroatoms. The Morgan fingerprint density at radius 3 is 2.43 bits per heavy atom. The summed E-state index contributed by atoms with van der Waals surface area (Å²) in [5, 5.41) is 3.48. The van der Waals surface area contributed by atoms with Gasteiger partial charge in [-0.25, -0.2) is 13.8 Å². The molecule has 2 saturated heterocycles. The van der Waals surface area contributed by atoms with Crippen molar-refractivity contribution in [1.82, 2.24) is 24.4 Å². The van der Waals surface area contributed by atoms with Crippen LogP contribution in [0.1, 0.15) is 57.7 Å². The summed E-state index contributed by atoms with van der Waals surface area (Å²) in [6.45, 7) is 5.38. The van der Waals surface area contributed by atoms with Gasteiger partial charge in [0.2, 0.25) is 11.9 Å². The summed E-state index contributed by atoms with van der Waals surface area (Å²) in [7, 11) is 0. The number of benzene rings is 1. The molecule has 1 aliphatic carbocycles. The number of amides is 1. The minimum Gasteiger partial charge on any atom is -0.378 e. The van der Waals surface area contributed by atoms with Gasteiger partial charge in [0.05, 0.1) is 24.2 Å². The number of alkyl halides is 2. The van der Waals surface area contributed by atoms with Crippen LogP contribution >= 0.6 is 0 Å². The van der Waals surface area contributed by atoms with E-state index in [0.29, 0.717) is 85.4 Å². The Hall–Kier alpha value is -3.67. The summed E-state index contributed by atoms with van der Waals surface area (Å²) in [6, 6.07) is 8.88. The van der Waals surface area contributed by atoms with Gasteiger partial charge in [-0.2, -0.15) is 9.97 Å². The van der Waals surface area contributed by atoms with Gasteiger partial charge in [0.1, 0.15) is 17.4 Å². The number of aromatic nitrogens is 4. The zero-order valence-electron chi connectivity index (χ0n) is 23.8. The molecule has 6 rings (SSSR count). The number of carbonyl (C=O) groups excluding carboxylic acids is 2. The molecule has 3 fully saturated rings. The second-order valence-corrected chi connectivity index (χ2v) is 11.7. The topological polar surface area (TPSA) is 105 Å². The molecule has 224 valence electrons. The predicted molar refractivity (Wildman–Crippen MR) is 154 cm³/mol. The highest BCUT2D eigenvalue weighted by Crippen LogP contribution is 2.35. The average molecular weight is 582 g/mol. The highest BCUT2D eigenvalue weighted by molar-refractivity contribution is 5.79. The van der Waals surface area contributed by atoms with Crippen molar-refractivity contribution in [2.75, 3.05) is 49.6 Å². The molecule has 1 N–H and O–H groups in total. The van der Waals surface area contributed by atoms with Crippen molar-refractivity contribution in [3.05, 3.63) is 36.2 Å². The van der Waals surface area contributed by atoms with Crippen molar-refractivity contribution >= 4 is 34.5 Å². The number of anilines is 2. The fourth-order valence-electron chi connectivity index (χ4n) is 6.36. The molecule has 0 bridgehead atoms. The number of ether oxygens (including phenoxy) is 1. The van der Waals surface area contributed by atoms with Gasteiger partial charge in [-0.15, -0.1) is 0 Å². The van der Waals surface area contributed by atoms with Gasteiger partial charge in [0.25, 0.3) is 6.43 Å². The maximum absolute atomic E-state index is 14.1. The number of likely N-dealkylation sites (tertiary alicyclic amines) is 1. The first-order chi connectivity index (χ1) is 20.3. The Bertz CT molecular complexity index is 1430. The third-order valence-electron chi connectivity index (χ3n) is 8.69. The van der Waals surface area contributed by atoms with Crippen LogP contribution in [0.4, 0.5) is 20.5 Å². The fourth-order valence-corrected chi connectivity index (χ4v) is 6.36. The third-order valence-corrected chi connectivity index (χ3v) is 8.69. The quantitative estimate of drug-likeness (QED) is 0.397. The number of nitrogens with one attached hydrogen (secondary N) is 1. The molecule has 1 aromatic carbocycles. The smallest absolute Gasteiger partial charge is 0.296 e. The van der Waals surface area contributed by atoms with Gasteiger partial charge < -0.3 is 19.9 Å². The summed E-state index contributed by atoms with van der Waals surface area (Å²) in [5.74, 6) is 2.07. The van der Waals surface area contributed by atoms with E-state index in [9.17, 15) is 18.4 Å². The van der Waals surface area contributed by atoms with E-state index < -0.39 is 6.43 Å². The SMILES string of the molecule is CC(=O)N1CCC(CC(=O)CC2CC(Nc3cc(-n4c(C(F)F)nc5ccccc54)nc(N4CCOCC4)n3)C2)CC1. The summed E-state index contributed by atoms with van der Waals surface area (Å²) in [6.07, 6.45) is 1.85. The molecule has 42 heavy (non-hydrogen) atoms. The number of piperidine rings is 1. The van der Waals surface area contributed by atoms with Crippen molar-refractivity contribution in [2.24, 2.45) is 11.8 Å². The molecule has 2 aromatic heterocycles. The molecular weight excluding hydrogens is 544 g/mol. The van der Waals surface area contributed by atoms with E-state index in [2.05, 4.69) is 10.3 Å². The molecular formula is C30H37F2N7O3. The number of hydrogen-bond donors (Lipinski definition) is 1. The second kappa shape index (κ2) is 12.3. The number of rotatable bonds is 9. The van der Waals surface area contributed by atoms with E-state index in [-0.39, 0.29) is 17.8 Å². The number of nitrogens with zero attached hydrogens (tertiary/aromatic N) is 6. The van der Waals surface area contributed by atoms with Gasteiger partial charge >= 0.3 is 0 Å². The molecule has 0 spiro atoms. The number of fused-ring (bicyclic) bond motifs is 1. The third kappa shape index (κ3) is 6.23. The lowest BCUT2D eigenvalue weighted by molar-refractivity contribution is -0.130. The Morgan fingerprint density at radius 1 is 1.00 bits per heavy atom. The molecule has 3 aromatic rings. The first-order valence-corrected chi connectivity index (χ1v) is 14.9. The summed E-state index contributed by atoms with van der Waals surface area (Å²) in [5.41, 5.74) is 1.03. The van der Waals surface area contributed by atoms with Crippen LogP contribution in [0.5, 0.6) is 0 Å². The highest BCUT2D eigenvalue weighted by atomic mass is 19.3. The van der Waals surface area contributed by atoms with E-state index in [1.54, 1.807) is 37.3 Å². The standard InChI is InChI=1S/C30H37F2N7O3/c1-19(40)37-8-6-20(7-9-37)16-23(41)17-21-14-22(15-21)33-26-18-27(36-30(35-26)38-10-12-42-13-11-38)39-25-5-3-2-4-24(25)34-29(39)28(31)32/h2-5,18,20-22,28H,6-17H2,1H3,(H,33,35,36). The minimum absolute atomic E-state index is 0.105. The van der Waals surface area contributed by atoms with Crippen molar-refractivity contribution < 1.29 is 23.1 Å². The van der Waals surface area contributed by atoms with Gasteiger partial charge in [0, 0.05) is 58.1 Å². The van der Waals surface area contributed by atoms with Crippen LogP contribution < -0.4 is 10.2 Å². The Morgan fingerprint density at radius 2 is 1.71 bits per heavy atom. The molecule has 0 unspecified atom stereocenters. The lowest BCUT2D eigenvalue weighted by Gasteiger charge is -2.37. The van der Waals surface area contributed by atoms with Crippen LogP contribution in [-0.4, -0.2) is 81.5 Å². The van der Waals surface area contributed by atoms with Crippen LogP contribution in [0.25, 0.3) is 16.9 Å². The molecule has 1 saturated carbocycles. The van der Waals surface area contributed by atoms with Gasteiger partial charge in [-0.1, -0.05) is 12.1 Å². The molecule has 4 heterocycles. The number of ketones is 1. The number of carbonyl (C=O) groups is 2. The highest BCUT2D eigenvalue weighted by Gasteiger charge is 2.33. The van der Waals surface area contributed by atoms with Gasteiger partial charge in [-0.3, -0.25) is 14.2 Å². The molecule has 0 atom stereocenters. The average Bonchev–Trinajstić information content (AvgIpc) is 3.37. The first-order valence-electron chi connectivity index (χ1n) is 14.9. The van der Waals surface area contributed by atoms with E-state index in [1.807, 2.05) is 9.80 Å². The summed E-state index contributed by atoms with van der Waals surface area (Å²) >= 11 is 0. The molecule has 0 radical (unpaired) electrons. The van der Waals surface area contributed by atoms with E-state index in [4.69, 9.17) is 14.7 Å². The molecule has 2 aliphatic heterocycles. The van der Waals surface area contributed by atoms with Crippen molar-refractivity contribution in [2.45, 2.75) is 57.9 Å². The molecule has 10 nitrogen and oxygen atoms in total. The summed E-state index contributed by atoms with van der Waals surface area (Å²) in [4.78, 5) is 41.8. The number of hydrogen-bond acceptors (Lipinski definition) is 8. The number of halogens is 2. The lowest BCUT2D eigenvalue weighted by Crippen LogP contribution is -2.39. The van der Waals surface area contributed by atoms with E-state index in [1.165, 1.54) is 4.57 Å². The van der Waals surface area contributed by atoms with E-state index >= 15 is 0 Å². The summed E-state index contributed by atoms with van der Waals surface area (Å²) < 4.78 is 35.1. The molecule has 1 amide bonds. The van der Waals surface area contributed by atoms with Crippen LogP contribution in [0.15, 0.2) is 30.3 Å². The Balaban J connectivity index is 1.14. The maximum atomic E-state index is 14.1. The fraction of sp³-hybridized carbons (Fsp3) is 0.567. The van der Waals surface area contributed by atoms with Gasteiger partial charge in [-0.05, 0) is 49.7 Å². The van der Waals surface area contributed by atoms with Crippen LogP contribution in [0.3, 0.4) is 0 Å². The number of para-hydroxylation sites is 2. The van der Waals surface area contributed by atoms with Crippen LogP contribution in [0.2, 0.25) is 0 Å². The maximum Gasteiger partial charge on any atom is 0.296 e. The molecule has 3 aliphatic rings. The lowest BCUT2D eigenvalue weighted by atomic mass is 9.76. The zero-order chi connectivity index (χ0) is 29.2. The second-order valence-electron chi connectivity index (χ2n) is 11.7. The van der Waals surface area contributed by atoms with Crippen molar-refractivity contribution in [1.29, 1.82) is 0 Å². The normalized spacial score (nSPS) is 21.5. The minimum atomic E-state index is -2.78. The van der Waals surface area contributed by atoms with Crippen molar-refractivity contribution in [3.8, 4) is 5.82 Å². The predicted octanol–water partition coefficient (Wildman–Crippen LogP) is 4.39. The number of Topliss-reactive ketones (excluding diaryl/α,β-unsaturated/α-hetero) is 1. The van der Waals surface area contributed by atoms with Crippen molar-refractivity contribution in [3.63, 3.8) is 0 Å². The number of imidazole rings is 1. The first kappa shape index (κ1) is 28.4. The van der Waals surface area contributed by atoms with Crippen LogP contribution in [-0.2, 0) is 14.3 Å². The van der Waals surface area contributed by atoms with E-state index in [0.717, 1.165) is 38.8 Å². The largest absolute Gasteiger partial charge is 0.378 e. The zero-order valence-corrected chi connectivity index (χ0v) is 23.8.